The van der Waals surface area contributed by atoms with Gasteiger partial charge in [-0.2, -0.15) is 10.2 Å². The molecule has 0 aromatic carbocycles. The van der Waals surface area contributed by atoms with Gasteiger partial charge >= 0.3 is 0 Å². The summed E-state index contributed by atoms with van der Waals surface area (Å²) in [6.45, 7) is 5.87. The molecule has 0 N–H and O–H groups in total. The zero-order valence-electron chi connectivity index (χ0n) is 12.1. The van der Waals surface area contributed by atoms with Gasteiger partial charge in [-0.25, -0.2) is 0 Å². The fraction of sp³-hybridized carbons (Fsp3) is 0.786. The summed E-state index contributed by atoms with van der Waals surface area (Å²) >= 11 is 0. The first kappa shape index (κ1) is 14.9. The molecular weight excluding hydrogens is 258 g/mol. The highest BCUT2D eigenvalue weighted by Crippen LogP contribution is 2.34. The molecule has 1 aliphatic heterocycles. The second-order valence-corrected chi connectivity index (χ2v) is 5.22. The van der Waals surface area contributed by atoms with E-state index in [-0.39, 0.29) is 5.92 Å². The van der Waals surface area contributed by atoms with Crippen molar-refractivity contribution >= 4 is 0 Å². The van der Waals surface area contributed by atoms with Crippen LogP contribution in [0.3, 0.4) is 0 Å². The number of ether oxygens (including phenoxy) is 2. The van der Waals surface area contributed by atoms with Crippen LogP contribution in [-0.2, 0) is 21.5 Å². The summed E-state index contributed by atoms with van der Waals surface area (Å²) in [5.41, 5.74) is -0.479. The first-order chi connectivity index (χ1) is 9.70. The second kappa shape index (κ2) is 6.82. The first-order valence-corrected chi connectivity index (χ1v) is 7.12. The lowest BCUT2D eigenvalue weighted by Gasteiger charge is -2.33. The van der Waals surface area contributed by atoms with Crippen molar-refractivity contribution in [2.24, 2.45) is 5.92 Å². The van der Waals surface area contributed by atoms with Crippen LogP contribution in [0.1, 0.15) is 44.8 Å². The smallest absolute Gasteiger partial charge is 0.227 e. The van der Waals surface area contributed by atoms with Crippen LogP contribution >= 0.6 is 0 Å². The van der Waals surface area contributed by atoms with Gasteiger partial charge < -0.3 is 14.0 Å². The van der Waals surface area contributed by atoms with Crippen LogP contribution in [0.5, 0.6) is 0 Å². The van der Waals surface area contributed by atoms with Crippen molar-refractivity contribution in [2.75, 3.05) is 19.8 Å². The quantitative estimate of drug-likeness (QED) is 0.794. The van der Waals surface area contributed by atoms with Gasteiger partial charge in [-0.05, 0) is 12.8 Å². The largest absolute Gasteiger partial charge is 0.381 e. The van der Waals surface area contributed by atoms with E-state index in [1.54, 1.807) is 0 Å². The maximum absolute atomic E-state index is 8.68. The Morgan fingerprint density at radius 2 is 2.20 bits per heavy atom. The van der Waals surface area contributed by atoms with Crippen LogP contribution in [0.15, 0.2) is 4.52 Å². The van der Waals surface area contributed by atoms with E-state index in [0.717, 1.165) is 12.8 Å². The topological polar surface area (TPSA) is 81.2 Å². The summed E-state index contributed by atoms with van der Waals surface area (Å²) in [5.74, 6) is 1.40. The highest BCUT2D eigenvalue weighted by atomic mass is 16.5. The predicted octanol–water partition coefficient (Wildman–Crippen LogP) is 2.20. The van der Waals surface area contributed by atoms with Crippen LogP contribution in [-0.4, -0.2) is 30.0 Å². The molecule has 0 aliphatic carbocycles. The van der Waals surface area contributed by atoms with E-state index in [0.29, 0.717) is 44.4 Å². The molecular formula is C14H21N3O3. The molecule has 1 unspecified atom stereocenters. The summed E-state index contributed by atoms with van der Waals surface area (Å²) in [4.78, 5) is 4.48. The molecule has 1 atom stereocenters. The summed E-state index contributed by atoms with van der Waals surface area (Å²) in [6.07, 6.45) is 2.60. The molecule has 1 saturated heterocycles. The average molecular weight is 279 g/mol. The molecule has 2 rings (SSSR count). The van der Waals surface area contributed by atoms with Crippen molar-refractivity contribution in [1.29, 1.82) is 5.26 Å². The number of hydrogen-bond donors (Lipinski definition) is 0. The first-order valence-electron chi connectivity index (χ1n) is 7.12. The van der Waals surface area contributed by atoms with Crippen LogP contribution in [0.2, 0.25) is 0 Å². The third-order valence-corrected chi connectivity index (χ3v) is 3.56. The van der Waals surface area contributed by atoms with E-state index in [4.69, 9.17) is 19.3 Å². The molecule has 1 aliphatic rings. The summed E-state index contributed by atoms with van der Waals surface area (Å²) in [5, 5.41) is 12.8. The molecule has 0 saturated carbocycles. The second-order valence-electron chi connectivity index (χ2n) is 5.22. The molecule has 6 heteroatoms. The van der Waals surface area contributed by atoms with E-state index in [2.05, 4.69) is 16.2 Å². The Bertz CT molecular complexity index is 455. The highest BCUT2D eigenvalue weighted by molar-refractivity contribution is 5.03. The van der Waals surface area contributed by atoms with Gasteiger partial charge in [-0.3, -0.25) is 0 Å². The van der Waals surface area contributed by atoms with Crippen LogP contribution in [0, 0.1) is 17.2 Å². The Hall–Kier alpha value is -1.45. The Labute approximate surface area is 119 Å². The lowest BCUT2D eigenvalue weighted by Crippen LogP contribution is -2.37. The minimum absolute atomic E-state index is 0.214. The summed E-state index contributed by atoms with van der Waals surface area (Å²) in [6, 6.07) is 2.15. The summed E-state index contributed by atoms with van der Waals surface area (Å²) in [7, 11) is 0. The molecule has 1 aromatic rings. The molecule has 20 heavy (non-hydrogen) atoms. The Kier molecular flexibility index (Phi) is 5.10. The van der Waals surface area contributed by atoms with Crippen LogP contribution in [0.4, 0.5) is 0 Å². The molecule has 0 amide bonds. The van der Waals surface area contributed by atoms with Crippen LogP contribution < -0.4 is 0 Å². The maximum atomic E-state index is 8.68. The number of aromatic nitrogens is 2. The van der Waals surface area contributed by atoms with Gasteiger partial charge in [0, 0.05) is 45.5 Å². The third kappa shape index (κ3) is 3.35. The predicted molar refractivity (Wildman–Crippen MR) is 70.8 cm³/mol. The number of hydrogen-bond acceptors (Lipinski definition) is 6. The van der Waals surface area contributed by atoms with Crippen LogP contribution in [0.25, 0.3) is 0 Å². The number of nitriles is 1. The molecule has 0 radical (unpaired) electrons. The fourth-order valence-electron chi connectivity index (χ4n) is 2.46. The van der Waals surface area contributed by atoms with E-state index in [1.807, 2.05) is 13.8 Å². The van der Waals surface area contributed by atoms with Gasteiger partial charge in [0.05, 0.1) is 6.07 Å². The SMILES string of the molecule is CCOC1(c2noc(CC(C)CC#N)n2)CCOCC1. The lowest BCUT2D eigenvalue weighted by atomic mass is 9.93. The van der Waals surface area contributed by atoms with Gasteiger partial charge in [-0.1, -0.05) is 12.1 Å². The normalized spacial score (nSPS) is 19.4. The Morgan fingerprint density at radius 3 is 2.85 bits per heavy atom. The molecule has 0 spiro atoms. The Balaban J connectivity index is 2.10. The molecule has 0 bridgehead atoms. The number of rotatable bonds is 6. The zero-order chi connectivity index (χ0) is 14.4. The maximum Gasteiger partial charge on any atom is 0.227 e. The van der Waals surface area contributed by atoms with Crippen molar-refractivity contribution in [3.8, 4) is 6.07 Å². The van der Waals surface area contributed by atoms with E-state index in [1.165, 1.54) is 0 Å². The Morgan fingerprint density at radius 1 is 1.45 bits per heavy atom. The van der Waals surface area contributed by atoms with Gasteiger partial charge in [0.15, 0.2) is 0 Å². The standard InChI is InChI=1S/C14H21N3O3/c1-3-19-14(5-8-18-9-6-14)13-16-12(20-17-13)10-11(2)4-7-15/h11H,3-6,8-10H2,1-2H3. The van der Waals surface area contributed by atoms with Crippen molar-refractivity contribution in [3.63, 3.8) is 0 Å². The molecule has 6 nitrogen and oxygen atoms in total. The van der Waals surface area contributed by atoms with Gasteiger partial charge in [0.2, 0.25) is 11.7 Å². The summed E-state index contributed by atoms with van der Waals surface area (Å²) < 4.78 is 16.6. The van der Waals surface area contributed by atoms with Crippen molar-refractivity contribution in [3.05, 3.63) is 11.7 Å². The molecule has 1 aromatic heterocycles. The van der Waals surface area contributed by atoms with Gasteiger partial charge in [0.1, 0.15) is 5.60 Å². The third-order valence-electron chi connectivity index (χ3n) is 3.56. The molecule has 110 valence electrons. The van der Waals surface area contributed by atoms with E-state index < -0.39 is 5.60 Å². The fourth-order valence-corrected chi connectivity index (χ4v) is 2.46. The highest BCUT2D eigenvalue weighted by Gasteiger charge is 2.39. The monoisotopic (exact) mass is 279 g/mol. The average Bonchev–Trinajstić information content (AvgIpc) is 2.89. The zero-order valence-corrected chi connectivity index (χ0v) is 12.1. The van der Waals surface area contributed by atoms with E-state index >= 15 is 0 Å². The van der Waals surface area contributed by atoms with E-state index in [9.17, 15) is 0 Å². The minimum Gasteiger partial charge on any atom is -0.381 e. The minimum atomic E-state index is -0.479. The van der Waals surface area contributed by atoms with Gasteiger partial charge in [0.25, 0.3) is 0 Å². The van der Waals surface area contributed by atoms with Crippen molar-refractivity contribution < 1.29 is 14.0 Å². The van der Waals surface area contributed by atoms with Gasteiger partial charge in [-0.15, -0.1) is 0 Å². The van der Waals surface area contributed by atoms with Crippen molar-refractivity contribution in [1.82, 2.24) is 10.1 Å². The molecule has 2 heterocycles. The van der Waals surface area contributed by atoms with Crippen molar-refractivity contribution in [2.45, 2.75) is 45.1 Å². The molecule has 1 fully saturated rings. The lowest BCUT2D eigenvalue weighted by molar-refractivity contribution is -0.118. The number of nitrogens with zero attached hydrogens (tertiary/aromatic N) is 3.